The van der Waals surface area contributed by atoms with Crippen molar-refractivity contribution >= 4 is 5.91 Å². The summed E-state index contributed by atoms with van der Waals surface area (Å²) in [7, 11) is 0. The van der Waals surface area contributed by atoms with Gasteiger partial charge in [0.2, 0.25) is 0 Å². The van der Waals surface area contributed by atoms with E-state index in [0.29, 0.717) is 13.1 Å². The van der Waals surface area contributed by atoms with Crippen LogP contribution in [0.5, 0.6) is 0 Å². The Labute approximate surface area is 74.7 Å². The van der Waals surface area contributed by atoms with E-state index in [-0.39, 0.29) is 0 Å². The van der Waals surface area contributed by atoms with Crippen LogP contribution in [0.1, 0.15) is 13.8 Å². The molecule has 0 aromatic heterocycles. The Morgan fingerprint density at radius 2 is 1.77 bits per heavy atom. The zero-order valence-electron chi connectivity index (χ0n) is 7.40. The number of halogens is 3. The number of carbonyl (C=O) groups is 1. The second-order valence-corrected chi connectivity index (χ2v) is 2.23. The third-order valence-corrected chi connectivity index (χ3v) is 1.36. The van der Waals surface area contributed by atoms with E-state index in [2.05, 4.69) is 0 Å². The van der Waals surface area contributed by atoms with Gasteiger partial charge in [-0.25, -0.2) is 0 Å². The largest absolute Gasteiger partial charge is 0.458 e. The van der Waals surface area contributed by atoms with Crippen molar-refractivity contribution in [2.75, 3.05) is 13.1 Å². The van der Waals surface area contributed by atoms with Crippen LogP contribution < -0.4 is 0 Å². The highest BCUT2D eigenvalue weighted by atomic mass is 19.4. The maximum Gasteiger partial charge on any atom is 0.458 e. The van der Waals surface area contributed by atoms with Crippen molar-refractivity contribution < 1.29 is 18.0 Å². The lowest BCUT2D eigenvalue weighted by atomic mass is 10.4. The standard InChI is InChI=1S/C8H10F3NO/c1-3-12(4-2)7(13)5-6-8(9,10)11/h3-4H2,1-2H3. The van der Waals surface area contributed by atoms with Crippen LogP contribution in [0, 0.1) is 11.8 Å². The van der Waals surface area contributed by atoms with Crippen LogP contribution in [-0.4, -0.2) is 30.1 Å². The van der Waals surface area contributed by atoms with E-state index < -0.39 is 12.1 Å². The molecule has 0 rings (SSSR count). The summed E-state index contributed by atoms with van der Waals surface area (Å²) < 4.78 is 34.6. The van der Waals surface area contributed by atoms with Gasteiger partial charge in [0.1, 0.15) is 0 Å². The lowest BCUT2D eigenvalue weighted by molar-refractivity contribution is -0.125. The van der Waals surface area contributed by atoms with Gasteiger partial charge in [0.05, 0.1) is 0 Å². The highest BCUT2D eigenvalue weighted by Gasteiger charge is 2.23. The number of hydrogen-bond donors (Lipinski definition) is 0. The summed E-state index contributed by atoms with van der Waals surface area (Å²) in [4.78, 5) is 12.1. The van der Waals surface area contributed by atoms with Gasteiger partial charge < -0.3 is 4.90 Å². The van der Waals surface area contributed by atoms with Crippen molar-refractivity contribution in [2.45, 2.75) is 20.0 Å². The van der Waals surface area contributed by atoms with Crippen LogP contribution in [-0.2, 0) is 4.79 Å². The SMILES string of the molecule is CCN(CC)C(=O)C#CC(F)(F)F. The van der Waals surface area contributed by atoms with Gasteiger partial charge in [-0.2, -0.15) is 13.2 Å². The fraction of sp³-hybridized carbons (Fsp3) is 0.625. The molecule has 0 N–H and O–H groups in total. The molecule has 0 aliphatic carbocycles. The second-order valence-electron chi connectivity index (χ2n) is 2.23. The van der Waals surface area contributed by atoms with Crippen molar-refractivity contribution in [1.82, 2.24) is 4.90 Å². The fourth-order valence-electron chi connectivity index (χ4n) is 0.714. The van der Waals surface area contributed by atoms with Crippen molar-refractivity contribution in [1.29, 1.82) is 0 Å². The Balaban J connectivity index is 4.34. The van der Waals surface area contributed by atoms with E-state index in [9.17, 15) is 18.0 Å². The fourth-order valence-corrected chi connectivity index (χ4v) is 0.714. The van der Waals surface area contributed by atoms with Crippen LogP contribution in [0.4, 0.5) is 13.2 Å². The van der Waals surface area contributed by atoms with Crippen LogP contribution in [0.15, 0.2) is 0 Å². The van der Waals surface area contributed by atoms with Gasteiger partial charge in [0.25, 0.3) is 5.91 Å². The molecule has 0 aromatic rings. The first-order valence-electron chi connectivity index (χ1n) is 3.79. The Kier molecular flexibility index (Phi) is 4.32. The third-order valence-electron chi connectivity index (χ3n) is 1.36. The predicted molar refractivity (Wildman–Crippen MR) is 41.8 cm³/mol. The normalized spacial score (nSPS) is 10.2. The summed E-state index contributed by atoms with van der Waals surface area (Å²) in [6, 6.07) is 0. The van der Waals surface area contributed by atoms with Crippen molar-refractivity contribution in [3.8, 4) is 11.8 Å². The molecule has 0 atom stereocenters. The van der Waals surface area contributed by atoms with Crippen LogP contribution >= 0.6 is 0 Å². The van der Waals surface area contributed by atoms with Gasteiger partial charge in [-0.15, -0.1) is 0 Å². The van der Waals surface area contributed by atoms with E-state index in [1.807, 2.05) is 0 Å². The van der Waals surface area contributed by atoms with Gasteiger partial charge in [0, 0.05) is 24.9 Å². The van der Waals surface area contributed by atoms with Crippen LogP contribution in [0.2, 0.25) is 0 Å². The lowest BCUT2D eigenvalue weighted by Crippen LogP contribution is -2.29. The Morgan fingerprint density at radius 3 is 2.08 bits per heavy atom. The van der Waals surface area contributed by atoms with E-state index in [1.54, 1.807) is 13.8 Å². The molecule has 0 saturated heterocycles. The van der Waals surface area contributed by atoms with Gasteiger partial charge >= 0.3 is 6.18 Å². The Morgan fingerprint density at radius 1 is 1.31 bits per heavy atom. The van der Waals surface area contributed by atoms with E-state index in [0.717, 1.165) is 5.92 Å². The highest BCUT2D eigenvalue weighted by molar-refractivity contribution is 5.93. The molecule has 5 heteroatoms. The monoisotopic (exact) mass is 193 g/mol. The molecule has 0 aliphatic heterocycles. The minimum absolute atomic E-state index is 0.363. The molecule has 74 valence electrons. The minimum atomic E-state index is -4.59. The zero-order chi connectivity index (χ0) is 10.5. The van der Waals surface area contributed by atoms with Crippen molar-refractivity contribution in [3.63, 3.8) is 0 Å². The van der Waals surface area contributed by atoms with Gasteiger partial charge in [-0.1, -0.05) is 0 Å². The third kappa shape index (κ3) is 5.12. The van der Waals surface area contributed by atoms with Crippen molar-refractivity contribution in [2.24, 2.45) is 0 Å². The Hall–Kier alpha value is -1.18. The first-order chi connectivity index (χ1) is 5.90. The molecule has 1 amide bonds. The lowest BCUT2D eigenvalue weighted by Gasteiger charge is -2.14. The number of amides is 1. The summed E-state index contributed by atoms with van der Waals surface area (Å²) in [5.74, 6) is 1.68. The van der Waals surface area contributed by atoms with Gasteiger partial charge in [0.15, 0.2) is 0 Å². The van der Waals surface area contributed by atoms with Crippen LogP contribution in [0.3, 0.4) is 0 Å². The number of hydrogen-bond acceptors (Lipinski definition) is 1. The smallest absolute Gasteiger partial charge is 0.332 e. The van der Waals surface area contributed by atoms with Crippen LogP contribution in [0.25, 0.3) is 0 Å². The van der Waals surface area contributed by atoms with E-state index in [4.69, 9.17) is 0 Å². The van der Waals surface area contributed by atoms with E-state index in [1.165, 1.54) is 10.8 Å². The van der Waals surface area contributed by atoms with E-state index >= 15 is 0 Å². The summed E-state index contributed by atoms with van der Waals surface area (Å²) in [5, 5.41) is 0. The maximum absolute atomic E-state index is 11.5. The molecule has 0 spiro atoms. The summed E-state index contributed by atoms with van der Waals surface area (Å²) in [6.45, 7) is 4.08. The molecular weight excluding hydrogens is 183 g/mol. The number of carbonyl (C=O) groups excluding carboxylic acids is 1. The molecule has 0 radical (unpaired) electrons. The molecule has 2 nitrogen and oxygen atoms in total. The summed E-state index contributed by atoms with van der Waals surface area (Å²) >= 11 is 0. The quantitative estimate of drug-likeness (QED) is 0.607. The number of alkyl halides is 3. The first kappa shape index (κ1) is 11.8. The molecule has 13 heavy (non-hydrogen) atoms. The first-order valence-corrected chi connectivity index (χ1v) is 3.79. The average Bonchev–Trinajstić information content (AvgIpc) is 2.02. The molecule has 0 unspecified atom stereocenters. The van der Waals surface area contributed by atoms with Gasteiger partial charge in [-0.05, 0) is 13.8 Å². The summed E-state index contributed by atoms with van der Waals surface area (Å²) in [6.07, 6.45) is -4.59. The van der Waals surface area contributed by atoms with Crippen molar-refractivity contribution in [3.05, 3.63) is 0 Å². The average molecular weight is 193 g/mol. The molecule has 0 heterocycles. The minimum Gasteiger partial charge on any atom is -0.332 e. The highest BCUT2D eigenvalue weighted by Crippen LogP contribution is 2.11. The number of rotatable bonds is 2. The number of nitrogens with zero attached hydrogens (tertiary/aromatic N) is 1. The molecular formula is C8H10F3NO. The maximum atomic E-state index is 11.5. The molecule has 0 bridgehead atoms. The zero-order valence-corrected chi connectivity index (χ0v) is 7.40. The molecule has 0 aliphatic rings. The summed E-state index contributed by atoms with van der Waals surface area (Å²) in [5.41, 5.74) is 0. The van der Waals surface area contributed by atoms with Gasteiger partial charge in [-0.3, -0.25) is 4.79 Å². The molecule has 0 aromatic carbocycles. The molecule has 0 saturated carbocycles. The predicted octanol–water partition coefficient (Wildman–Crippen LogP) is 1.42. The molecule has 0 fully saturated rings. The topological polar surface area (TPSA) is 20.3 Å². The Bertz CT molecular complexity index is 232. The second kappa shape index (κ2) is 4.75.